The van der Waals surface area contributed by atoms with Gasteiger partial charge in [0.1, 0.15) is 0 Å². The molecule has 2 N–H and O–H groups in total. The lowest BCUT2D eigenvalue weighted by atomic mass is 10.1. The van der Waals surface area contributed by atoms with Gasteiger partial charge in [-0.2, -0.15) is 0 Å². The molecular weight excluding hydrogens is 246 g/mol. The molecule has 0 spiro atoms. The molecule has 1 atom stereocenters. The van der Waals surface area contributed by atoms with Crippen LogP contribution in [0.15, 0.2) is 24.3 Å². The number of anilines is 1. The minimum Gasteiger partial charge on any atom is -0.396 e. The number of unbranched alkanes of at least 4 members (excludes halogenated alkanes) is 4. The average molecular weight is 277 g/mol. The molecule has 0 saturated carbocycles. The van der Waals surface area contributed by atoms with Crippen LogP contribution in [0, 0.1) is 0 Å². The third-order valence-electron chi connectivity index (χ3n) is 3.70. The molecule has 1 rings (SSSR count). The molecule has 0 heterocycles. The zero-order valence-electron chi connectivity index (χ0n) is 13.2. The van der Waals surface area contributed by atoms with Gasteiger partial charge in [0.15, 0.2) is 0 Å². The maximum atomic E-state index is 8.89. The predicted molar refractivity (Wildman–Crippen MR) is 88.3 cm³/mol. The number of hydrogen-bond donors (Lipinski definition) is 2. The first-order valence-electron chi connectivity index (χ1n) is 8.22. The van der Waals surface area contributed by atoms with Gasteiger partial charge in [-0.1, -0.05) is 51.2 Å². The van der Waals surface area contributed by atoms with Crippen LogP contribution < -0.4 is 5.32 Å². The van der Waals surface area contributed by atoms with E-state index in [0.29, 0.717) is 6.04 Å². The highest BCUT2D eigenvalue weighted by molar-refractivity contribution is 5.46. The lowest BCUT2D eigenvalue weighted by Gasteiger charge is -2.16. The number of nitrogens with one attached hydrogen (secondary N) is 1. The zero-order chi connectivity index (χ0) is 14.6. The SMILES string of the molecule is CCCCCCCC(C)Nc1cccc(CCCO)c1. The largest absolute Gasteiger partial charge is 0.396 e. The number of aryl methyl sites for hydroxylation is 1. The van der Waals surface area contributed by atoms with Crippen LogP contribution >= 0.6 is 0 Å². The Balaban J connectivity index is 2.28. The first-order chi connectivity index (χ1) is 9.76. The van der Waals surface area contributed by atoms with E-state index in [4.69, 9.17) is 5.11 Å². The molecule has 1 unspecified atom stereocenters. The van der Waals surface area contributed by atoms with Crippen LogP contribution in [0.1, 0.15) is 64.4 Å². The molecule has 0 bridgehead atoms. The van der Waals surface area contributed by atoms with Crippen LogP contribution in [0.2, 0.25) is 0 Å². The first-order valence-corrected chi connectivity index (χ1v) is 8.22. The molecule has 1 aromatic carbocycles. The van der Waals surface area contributed by atoms with E-state index < -0.39 is 0 Å². The van der Waals surface area contributed by atoms with E-state index in [0.717, 1.165) is 12.8 Å². The van der Waals surface area contributed by atoms with Gasteiger partial charge in [0.2, 0.25) is 0 Å². The number of benzene rings is 1. The van der Waals surface area contributed by atoms with Crippen molar-refractivity contribution >= 4 is 5.69 Å². The Morgan fingerprint density at radius 1 is 1.10 bits per heavy atom. The quantitative estimate of drug-likeness (QED) is 0.571. The summed E-state index contributed by atoms with van der Waals surface area (Å²) in [5.41, 5.74) is 2.51. The number of aliphatic hydroxyl groups excluding tert-OH is 1. The van der Waals surface area contributed by atoms with E-state index >= 15 is 0 Å². The fourth-order valence-corrected chi connectivity index (χ4v) is 2.51. The highest BCUT2D eigenvalue weighted by Crippen LogP contribution is 2.15. The maximum absolute atomic E-state index is 8.89. The molecule has 2 nitrogen and oxygen atoms in total. The van der Waals surface area contributed by atoms with E-state index in [1.165, 1.54) is 49.8 Å². The van der Waals surface area contributed by atoms with Crippen LogP contribution in [0.3, 0.4) is 0 Å². The lowest BCUT2D eigenvalue weighted by molar-refractivity contribution is 0.288. The second kappa shape index (κ2) is 10.7. The van der Waals surface area contributed by atoms with Crippen molar-refractivity contribution in [3.8, 4) is 0 Å². The smallest absolute Gasteiger partial charge is 0.0434 e. The maximum Gasteiger partial charge on any atom is 0.0434 e. The molecule has 20 heavy (non-hydrogen) atoms. The second-order valence-electron chi connectivity index (χ2n) is 5.78. The van der Waals surface area contributed by atoms with Gasteiger partial charge in [0, 0.05) is 18.3 Å². The van der Waals surface area contributed by atoms with E-state index in [-0.39, 0.29) is 6.61 Å². The summed E-state index contributed by atoms with van der Waals surface area (Å²) in [4.78, 5) is 0. The van der Waals surface area contributed by atoms with Gasteiger partial charge in [-0.25, -0.2) is 0 Å². The third-order valence-corrected chi connectivity index (χ3v) is 3.70. The highest BCUT2D eigenvalue weighted by Gasteiger charge is 2.03. The lowest BCUT2D eigenvalue weighted by Crippen LogP contribution is -2.14. The van der Waals surface area contributed by atoms with Gasteiger partial charge in [0.25, 0.3) is 0 Å². The van der Waals surface area contributed by atoms with E-state index in [1.807, 2.05) is 0 Å². The fourth-order valence-electron chi connectivity index (χ4n) is 2.51. The van der Waals surface area contributed by atoms with Gasteiger partial charge in [-0.3, -0.25) is 0 Å². The molecule has 0 saturated heterocycles. The van der Waals surface area contributed by atoms with Crippen LogP contribution in [0.5, 0.6) is 0 Å². The van der Waals surface area contributed by atoms with Crippen LogP contribution in [0.4, 0.5) is 5.69 Å². The van der Waals surface area contributed by atoms with Crippen LogP contribution in [-0.2, 0) is 6.42 Å². The second-order valence-corrected chi connectivity index (χ2v) is 5.78. The van der Waals surface area contributed by atoms with Crippen molar-refractivity contribution in [2.45, 2.75) is 71.3 Å². The van der Waals surface area contributed by atoms with Crippen molar-refractivity contribution in [1.29, 1.82) is 0 Å². The van der Waals surface area contributed by atoms with Gasteiger partial charge < -0.3 is 10.4 Å². The molecule has 0 aliphatic rings. The molecule has 1 aromatic rings. The summed E-state index contributed by atoms with van der Waals surface area (Å²) in [7, 11) is 0. The number of hydrogen-bond acceptors (Lipinski definition) is 2. The molecule has 0 amide bonds. The fraction of sp³-hybridized carbons (Fsp3) is 0.667. The highest BCUT2D eigenvalue weighted by atomic mass is 16.2. The topological polar surface area (TPSA) is 32.3 Å². The predicted octanol–water partition coefficient (Wildman–Crippen LogP) is 4.77. The van der Waals surface area contributed by atoms with E-state index in [9.17, 15) is 0 Å². The Kier molecular flexibility index (Phi) is 9.14. The molecular formula is C18H31NO. The van der Waals surface area contributed by atoms with Crippen molar-refractivity contribution in [1.82, 2.24) is 0 Å². The molecule has 0 radical (unpaired) electrons. The van der Waals surface area contributed by atoms with Gasteiger partial charge in [-0.15, -0.1) is 0 Å². The van der Waals surface area contributed by atoms with Gasteiger partial charge >= 0.3 is 0 Å². The van der Waals surface area contributed by atoms with E-state index in [2.05, 4.69) is 43.4 Å². The summed E-state index contributed by atoms with van der Waals surface area (Å²) >= 11 is 0. The number of rotatable bonds is 11. The Hall–Kier alpha value is -1.02. The minimum atomic E-state index is 0.270. The monoisotopic (exact) mass is 277 g/mol. The Labute approximate surface area is 124 Å². The molecule has 2 heteroatoms. The Morgan fingerprint density at radius 2 is 1.90 bits per heavy atom. The molecule has 0 fully saturated rings. The summed E-state index contributed by atoms with van der Waals surface area (Å²) in [5.74, 6) is 0. The van der Waals surface area contributed by atoms with Crippen molar-refractivity contribution in [3.05, 3.63) is 29.8 Å². The standard InChI is InChI=1S/C18H31NO/c1-3-4-5-6-7-10-16(2)19-18-13-8-11-17(15-18)12-9-14-20/h8,11,13,15-16,19-20H,3-7,9-10,12,14H2,1-2H3. The van der Waals surface area contributed by atoms with Crippen molar-refractivity contribution in [2.75, 3.05) is 11.9 Å². The Morgan fingerprint density at radius 3 is 2.65 bits per heavy atom. The van der Waals surface area contributed by atoms with Crippen molar-refractivity contribution in [2.24, 2.45) is 0 Å². The summed E-state index contributed by atoms with van der Waals surface area (Å²) in [5, 5.41) is 12.5. The van der Waals surface area contributed by atoms with Crippen molar-refractivity contribution in [3.63, 3.8) is 0 Å². The van der Waals surface area contributed by atoms with Gasteiger partial charge in [-0.05, 0) is 43.9 Å². The Bertz CT molecular complexity index is 351. The molecule has 0 aliphatic carbocycles. The van der Waals surface area contributed by atoms with Crippen LogP contribution in [0.25, 0.3) is 0 Å². The average Bonchev–Trinajstić information content (AvgIpc) is 2.45. The molecule has 0 aliphatic heterocycles. The first kappa shape index (κ1) is 17.0. The zero-order valence-corrected chi connectivity index (χ0v) is 13.2. The normalized spacial score (nSPS) is 12.3. The third kappa shape index (κ3) is 7.54. The summed E-state index contributed by atoms with van der Waals surface area (Å²) in [6, 6.07) is 9.11. The van der Waals surface area contributed by atoms with E-state index in [1.54, 1.807) is 0 Å². The molecule has 0 aromatic heterocycles. The number of aliphatic hydroxyl groups is 1. The van der Waals surface area contributed by atoms with Crippen molar-refractivity contribution < 1.29 is 5.11 Å². The molecule has 114 valence electrons. The summed E-state index contributed by atoms with van der Waals surface area (Å²) in [6.07, 6.45) is 9.77. The van der Waals surface area contributed by atoms with Crippen LogP contribution in [-0.4, -0.2) is 17.8 Å². The van der Waals surface area contributed by atoms with Gasteiger partial charge in [0.05, 0.1) is 0 Å². The minimum absolute atomic E-state index is 0.270. The summed E-state index contributed by atoms with van der Waals surface area (Å²) < 4.78 is 0. The summed E-state index contributed by atoms with van der Waals surface area (Å²) in [6.45, 7) is 4.79.